The van der Waals surface area contributed by atoms with Crippen molar-refractivity contribution in [1.29, 1.82) is 0 Å². The number of hydrogen-bond acceptors (Lipinski definition) is 3. The normalized spacial score (nSPS) is 9.80. The molecule has 0 atom stereocenters. The SMILES string of the molecule is CN(C)C(=O)Nc1cc(Cl)c(N)cc1O. The smallest absolute Gasteiger partial charge is 0.321 e. The van der Waals surface area contributed by atoms with Crippen molar-refractivity contribution in [3.63, 3.8) is 0 Å². The lowest BCUT2D eigenvalue weighted by molar-refractivity contribution is 0.230. The molecule has 0 aliphatic heterocycles. The molecule has 2 amide bonds. The van der Waals surface area contributed by atoms with E-state index in [1.54, 1.807) is 14.1 Å². The molecule has 6 heteroatoms. The van der Waals surface area contributed by atoms with Gasteiger partial charge in [0.1, 0.15) is 5.75 Å². The van der Waals surface area contributed by atoms with Gasteiger partial charge in [0.25, 0.3) is 0 Å². The molecule has 0 aliphatic carbocycles. The van der Waals surface area contributed by atoms with Crippen molar-refractivity contribution in [3.05, 3.63) is 17.2 Å². The van der Waals surface area contributed by atoms with Crippen LogP contribution in [-0.4, -0.2) is 30.1 Å². The van der Waals surface area contributed by atoms with E-state index in [-0.39, 0.29) is 28.2 Å². The molecule has 0 aliphatic rings. The molecule has 1 aromatic rings. The molecule has 4 N–H and O–H groups in total. The molecule has 1 aromatic carbocycles. The van der Waals surface area contributed by atoms with Crippen LogP contribution in [0.3, 0.4) is 0 Å². The number of nitrogens with zero attached hydrogens (tertiary/aromatic N) is 1. The van der Waals surface area contributed by atoms with Gasteiger partial charge in [-0.1, -0.05) is 11.6 Å². The number of carbonyl (C=O) groups is 1. The number of halogens is 1. The van der Waals surface area contributed by atoms with Crippen molar-refractivity contribution in [2.24, 2.45) is 0 Å². The summed E-state index contributed by atoms with van der Waals surface area (Å²) in [5.41, 5.74) is 5.96. The Kier molecular flexibility index (Phi) is 3.26. The molecule has 0 aromatic heterocycles. The second-order valence-electron chi connectivity index (χ2n) is 3.22. The summed E-state index contributed by atoms with van der Waals surface area (Å²) in [5, 5.41) is 12.2. The third kappa shape index (κ3) is 2.66. The number of amides is 2. The lowest BCUT2D eigenvalue weighted by Gasteiger charge is -2.13. The molecule has 0 bridgehead atoms. The molecule has 0 saturated carbocycles. The van der Waals surface area contributed by atoms with Crippen molar-refractivity contribution in [2.75, 3.05) is 25.1 Å². The van der Waals surface area contributed by atoms with E-state index < -0.39 is 0 Å². The summed E-state index contributed by atoms with van der Waals surface area (Å²) in [6.07, 6.45) is 0. The van der Waals surface area contributed by atoms with E-state index in [4.69, 9.17) is 17.3 Å². The lowest BCUT2D eigenvalue weighted by Crippen LogP contribution is -2.27. The minimum Gasteiger partial charge on any atom is -0.506 e. The largest absolute Gasteiger partial charge is 0.506 e. The van der Waals surface area contributed by atoms with Crippen molar-refractivity contribution >= 4 is 29.0 Å². The third-order valence-corrected chi connectivity index (χ3v) is 2.09. The summed E-state index contributed by atoms with van der Waals surface area (Å²) in [6.45, 7) is 0. The monoisotopic (exact) mass is 229 g/mol. The molecular formula is C9H12ClN3O2. The van der Waals surface area contributed by atoms with Crippen molar-refractivity contribution in [2.45, 2.75) is 0 Å². The summed E-state index contributed by atoms with van der Waals surface area (Å²) >= 11 is 5.75. The van der Waals surface area contributed by atoms with Gasteiger partial charge in [-0.15, -0.1) is 0 Å². The number of phenols is 1. The van der Waals surface area contributed by atoms with E-state index >= 15 is 0 Å². The quantitative estimate of drug-likeness (QED) is 0.507. The summed E-state index contributed by atoms with van der Waals surface area (Å²) < 4.78 is 0. The topological polar surface area (TPSA) is 78.6 Å². The van der Waals surface area contributed by atoms with Crippen LogP contribution in [0.2, 0.25) is 5.02 Å². The first kappa shape index (κ1) is 11.5. The highest BCUT2D eigenvalue weighted by molar-refractivity contribution is 6.33. The fourth-order valence-electron chi connectivity index (χ4n) is 0.905. The molecule has 0 fully saturated rings. The summed E-state index contributed by atoms with van der Waals surface area (Å²) in [5.74, 6) is -0.118. The average molecular weight is 230 g/mol. The van der Waals surface area contributed by atoms with Gasteiger partial charge < -0.3 is 21.1 Å². The average Bonchev–Trinajstić information content (AvgIpc) is 2.13. The molecule has 15 heavy (non-hydrogen) atoms. The van der Waals surface area contributed by atoms with Crippen LogP contribution in [0.4, 0.5) is 16.2 Å². The first-order valence-electron chi connectivity index (χ1n) is 4.18. The minimum atomic E-state index is -0.355. The molecule has 0 radical (unpaired) electrons. The van der Waals surface area contributed by atoms with E-state index in [1.807, 2.05) is 0 Å². The van der Waals surface area contributed by atoms with Crippen LogP contribution < -0.4 is 11.1 Å². The number of hydrogen-bond donors (Lipinski definition) is 3. The Hall–Kier alpha value is -1.62. The van der Waals surface area contributed by atoms with Crippen LogP contribution in [0.15, 0.2) is 12.1 Å². The number of nitrogens with one attached hydrogen (secondary N) is 1. The van der Waals surface area contributed by atoms with Crippen LogP contribution in [0.25, 0.3) is 0 Å². The Bertz CT molecular complexity index is 393. The van der Waals surface area contributed by atoms with Gasteiger partial charge in [-0.3, -0.25) is 0 Å². The summed E-state index contributed by atoms with van der Waals surface area (Å²) in [6, 6.07) is 2.33. The number of rotatable bonds is 1. The number of carbonyl (C=O) groups excluding carboxylic acids is 1. The standard InChI is InChI=1S/C9H12ClN3O2/c1-13(2)9(15)12-7-3-5(10)6(11)4-8(7)14/h3-4,14H,11H2,1-2H3,(H,12,15). The molecule has 0 heterocycles. The maximum Gasteiger partial charge on any atom is 0.321 e. The van der Waals surface area contributed by atoms with Crippen LogP contribution in [0, 0.1) is 0 Å². The zero-order valence-electron chi connectivity index (χ0n) is 8.41. The highest BCUT2D eigenvalue weighted by Gasteiger charge is 2.10. The zero-order valence-corrected chi connectivity index (χ0v) is 9.17. The predicted molar refractivity (Wildman–Crippen MR) is 60.2 cm³/mol. The molecule has 0 saturated heterocycles. The number of benzene rings is 1. The minimum absolute atomic E-state index is 0.118. The second kappa shape index (κ2) is 4.27. The Labute approximate surface area is 92.4 Å². The molecule has 0 spiro atoms. The van der Waals surface area contributed by atoms with Crippen LogP contribution in [0.5, 0.6) is 5.75 Å². The van der Waals surface area contributed by atoms with Gasteiger partial charge in [-0.25, -0.2) is 4.79 Å². The Balaban J connectivity index is 2.96. The zero-order chi connectivity index (χ0) is 11.6. The van der Waals surface area contributed by atoms with Gasteiger partial charge in [-0.05, 0) is 6.07 Å². The fourth-order valence-corrected chi connectivity index (χ4v) is 1.07. The van der Waals surface area contributed by atoms with E-state index in [2.05, 4.69) is 5.32 Å². The predicted octanol–water partition coefficient (Wildman–Crippen LogP) is 1.72. The van der Waals surface area contributed by atoms with Gasteiger partial charge in [0.15, 0.2) is 0 Å². The van der Waals surface area contributed by atoms with Crippen molar-refractivity contribution < 1.29 is 9.90 Å². The Morgan fingerprint density at radius 3 is 2.67 bits per heavy atom. The van der Waals surface area contributed by atoms with E-state index in [0.717, 1.165) is 0 Å². The van der Waals surface area contributed by atoms with Crippen LogP contribution in [-0.2, 0) is 0 Å². The molecule has 82 valence electrons. The first-order chi connectivity index (χ1) is 6.91. The van der Waals surface area contributed by atoms with E-state index in [1.165, 1.54) is 17.0 Å². The number of phenolic OH excluding ortho intramolecular Hbond substituents is 1. The van der Waals surface area contributed by atoms with Crippen molar-refractivity contribution in [3.8, 4) is 5.75 Å². The maximum absolute atomic E-state index is 11.3. The number of aromatic hydroxyl groups is 1. The number of nitrogens with two attached hydrogens (primary N) is 1. The molecule has 5 nitrogen and oxygen atoms in total. The fraction of sp³-hybridized carbons (Fsp3) is 0.222. The number of anilines is 2. The van der Waals surface area contributed by atoms with E-state index in [0.29, 0.717) is 0 Å². The Morgan fingerprint density at radius 1 is 1.53 bits per heavy atom. The highest BCUT2D eigenvalue weighted by atomic mass is 35.5. The van der Waals surface area contributed by atoms with Gasteiger partial charge in [0.05, 0.1) is 16.4 Å². The molecule has 1 rings (SSSR count). The maximum atomic E-state index is 11.3. The second-order valence-corrected chi connectivity index (χ2v) is 3.62. The highest BCUT2D eigenvalue weighted by Crippen LogP contribution is 2.31. The van der Waals surface area contributed by atoms with Gasteiger partial charge in [0.2, 0.25) is 0 Å². The van der Waals surface area contributed by atoms with Crippen molar-refractivity contribution in [1.82, 2.24) is 4.90 Å². The number of urea groups is 1. The molecular weight excluding hydrogens is 218 g/mol. The Morgan fingerprint density at radius 2 is 2.13 bits per heavy atom. The van der Waals surface area contributed by atoms with Crippen LogP contribution >= 0.6 is 11.6 Å². The van der Waals surface area contributed by atoms with Crippen LogP contribution in [0.1, 0.15) is 0 Å². The van der Waals surface area contributed by atoms with E-state index in [9.17, 15) is 9.90 Å². The number of nitrogen functional groups attached to an aromatic ring is 1. The van der Waals surface area contributed by atoms with Gasteiger partial charge in [0, 0.05) is 20.2 Å². The molecule has 0 unspecified atom stereocenters. The summed E-state index contributed by atoms with van der Waals surface area (Å²) in [4.78, 5) is 12.6. The van der Waals surface area contributed by atoms with Gasteiger partial charge >= 0.3 is 6.03 Å². The van der Waals surface area contributed by atoms with Gasteiger partial charge in [-0.2, -0.15) is 0 Å². The lowest BCUT2D eigenvalue weighted by atomic mass is 10.2. The third-order valence-electron chi connectivity index (χ3n) is 1.76. The first-order valence-corrected chi connectivity index (χ1v) is 4.56. The summed E-state index contributed by atoms with van der Waals surface area (Å²) in [7, 11) is 3.18.